The van der Waals surface area contributed by atoms with Crippen molar-refractivity contribution in [1.82, 2.24) is 9.71 Å². The molecular formula is C12H16N2O3S. The van der Waals surface area contributed by atoms with Gasteiger partial charge in [0.2, 0.25) is 10.0 Å². The van der Waals surface area contributed by atoms with E-state index in [2.05, 4.69) is 9.71 Å². The third-order valence-electron chi connectivity index (χ3n) is 2.60. The van der Waals surface area contributed by atoms with Gasteiger partial charge in [-0.15, -0.1) is 0 Å². The zero-order valence-electron chi connectivity index (χ0n) is 10.4. The van der Waals surface area contributed by atoms with Gasteiger partial charge in [0.25, 0.3) is 0 Å². The first-order valence-electron chi connectivity index (χ1n) is 5.90. The molecule has 0 atom stereocenters. The maximum absolute atomic E-state index is 12.0. The van der Waals surface area contributed by atoms with E-state index in [4.69, 9.17) is 4.42 Å². The Morgan fingerprint density at radius 3 is 2.89 bits per heavy atom. The van der Waals surface area contributed by atoms with Gasteiger partial charge in [-0.25, -0.2) is 18.1 Å². The summed E-state index contributed by atoms with van der Waals surface area (Å²) < 4.78 is 31.9. The molecule has 1 aromatic carbocycles. The molecule has 98 valence electrons. The van der Waals surface area contributed by atoms with Crippen LogP contribution in [0.3, 0.4) is 0 Å². The molecule has 0 spiro atoms. The van der Waals surface area contributed by atoms with Gasteiger partial charge in [0.05, 0.1) is 4.90 Å². The summed E-state index contributed by atoms with van der Waals surface area (Å²) in [5, 5.41) is 0. The number of sulfonamides is 1. The van der Waals surface area contributed by atoms with E-state index >= 15 is 0 Å². The Morgan fingerprint density at radius 2 is 2.17 bits per heavy atom. The molecule has 0 fully saturated rings. The largest absolute Gasteiger partial charge is 0.441 e. The van der Waals surface area contributed by atoms with Gasteiger partial charge in [-0.1, -0.05) is 13.3 Å². The fraction of sp³-hybridized carbons (Fsp3) is 0.417. The Balaban J connectivity index is 2.29. The van der Waals surface area contributed by atoms with Crippen molar-refractivity contribution in [2.24, 2.45) is 0 Å². The normalized spacial score (nSPS) is 12.1. The Kier molecular flexibility index (Phi) is 3.68. The lowest BCUT2D eigenvalue weighted by atomic mass is 10.3. The molecule has 1 heterocycles. The highest BCUT2D eigenvalue weighted by Crippen LogP contribution is 2.19. The molecule has 0 saturated carbocycles. The third kappa shape index (κ3) is 2.70. The quantitative estimate of drug-likeness (QED) is 0.844. The Morgan fingerprint density at radius 1 is 1.39 bits per heavy atom. The van der Waals surface area contributed by atoms with Crippen LogP contribution < -0.4 is 4.72 Å². The van der Waals surface area contributed by atoms with Gasteiger partial charge in [-0.05, 0) is 18.6 Å². The van der Waals surface area contributed by atoms with Crippen LogP contribution in [0.25, 0.3) is 11.1 Å². The lowest BCUT2D eigenvalue weighted by Gasteiger charge is -2.05. The van der Waals surface area contributed by atoms with E-state index in [0.29, 0.717) is 23.5 Å². The topological polar surface area (TPSA) is 72.2 Å². The number of nitrogens with zero attached hydrogens (tertiary/aromatic N) is 1. The fourth-order valence-corrected chi connectivity index (χ4v) is 2.74. The Labute approximate surface area is 106 Å². The van der Waals surface area contributed by atoms with E-state index in [-0.39, 0.29) is 4.90 Å². The molecule has 2 aromatic rings. The molecule has 5 nitrogen and oxygen atoms in total. The number of aryl methyl sites for hydroxylation is 1. The lowest BCUT2D eigenvalue weighted by Crippen LogP contribution is -2.24. The maximum atomic E-state index is 12.0. The Hall–Kier alpha value is -1.40. The summed E-state index contributed by atoms with van der Waals surface area (Å²) in [7, 11) is -3.45. The van der Waals surface area contributed by atoms with Crippen LogP contribution in [0, 0.1) is 6.92 Å². The monoisotopic (exact) mass is 268 g/mol. The molecule has 0 radical (unpaired) electrons. The minimum atomic E-state index is -3.45. The van der Waals surface area contributed by atoms with Crippen LogP contribution in [0.15, 0.2) is 27.5 Å². The standard InChI is InChI=1S/C12H16N2O3S/c1-3-4-7-13-18(15,16)10-5-6-11-12(8-10)17-9(2)14-11/h5-6,8,13H,3-4,7H2,1-2H3. The van der Waals surface area contributed by atoms with Crippen LogP contribution in [0.1, 0.15) is 25.7 Å². The number of fused-ring (bicyclic) bond motifs is 1. The molecule has 1 aromatic heterocycles. The van der Waals surface area contributed by atoms with Crippen LogP contribution in [-0.2, 0) is 10.0 Å². The number of benzene rings is 1. The molecule has 0 unspecified atom stereocenters. The second kappa shape index (κ2) is 5.07. The molecule has 0 aliphatic carbocycles. The SMILES string of the molecule is CCCCNS(=O)(=O)c1ccc2nc(C)oc2c1. The van der Waals surface area contributed by atoms with Gasteiger partial charge in [0, 0.05) is 19.5 Å². The van der Waals surface area contributed by atoms with Crippen molar-refractivity contribution >= 4 is 21.1 Å². The van der Waals surface area contributed by atoms with E-state index in [1.165, 1.54) is 6.07 Å². The van der Waals surface area contributed by atoms with Gasteiger partial charge >= 0.3 is 0 Å². The van der Waals surface area contributed by atoms with E-state index in [1.807, 2.05) is 6.92 Å². The highest BCUT2D eigenvalue weighted by atomic mass is 32.2. The number of unbranched alkanes of at least 4 members (excludes halogenated alkanes) is 1. The van der Waals surface area contributed by atoms with Gasteiger partial charge < -0.3 is 4.42 Å². The summed E-state index contributed by atoms with van der Waals surface area (Å²) in [4.78, 5) is 4.34. The van der Waals surface area contributed by atoms with Crippen LogP contribution >= 0.6 is 0 Å². The first-order chi connectivity index (χ1) is 8.53. The third-order valence-corrected chi connectivity index (χ3v) is 4.06. The zero-order chi connectivity index (χ0) is 13.2. The van der Waals surface area contributed by atoms with E-state index < -0.39 is 10.0 Å². The van der Waals surface area contributed by atoms with Crippen LogP contribution in [0.5, 0.6) is 0 Å². The number of nitrogens with one attached hydrogen (secondary N) is 1. The first kappa shape index (κ1) is 13.0. The molecule has 0 bridgehead atoms. The van der Waals surface area contributed by atoms with E-state index in [1.54, 1.807) is 19.1 Å². The summed E-state index contributed by atoms with van der Waals surface area (Å²) in [5.41, 5.74) is 1.16. The molecule has 0 aliphatic rings. The van der Waals surface area contributed by atoms with Crippen molar-refractivity contribution in [1.29, 1.82) is 0 Å². The number of oxazole rings is 1. The number of hydrogen-bond donors (Lipinski definition) is 1. The molecule has 0 aliphatic heterocycles. The van der Waals surface area contributed by atoms with Crippen molar-refractivity contribution < 1.29 is 12.8 Å². The molecule has 0 saturated heterocycles. The summed E-state index contributed by atoms with van der Waals surface area (Å²) in [6.07, 6.45) is 1.77. The lowest BCUT2D eigenvalue weighted by molar-refractivity contribution is 0.558. The van der Waals surface area contributed by atoms with Gasteiger partial charge in [-0.2, -0.15) is 0 Å². The van der Waals surface area contributed by atoms with E-state index in [9.17, 15) is 8.42 Å². The number of rotatable bonds is 5. The van der Waals surface area contributed by atoms with Gasteiger partial charge in [-0.3, -0.25) is 0 Å². The number of aromatic nitrogens is 1. The second-order valence-electron chi connectivity index (χ2n) is 4.11. The summed E-state index contributed by atoms with van der Waals surface area (Å²) in [5.74, 6) is 0.526. The highest BCUT2D eigenvalue weighted by molar-refractivity contribution is 7.89. The van der Waals surface area contributed by atoms with Crippen molar-refractivity contribution in [3.8, 4) is 0 Å². The molecule has 18 heavy (non-hydrogen) atoms. The van der Waals surface area contributed by atoms with E-state index in [0.717, 1.165) is 12.8 Å². The van der Waals surface area contributed by atoms with Crippen LogP contribution in [-0.4, -0.2) is 19.9 Å². The van der Waals surface area contributed by atoms with Crippen LogP contribution in [0.2, 0.25) is 0 Å². The van der Waals surface area contributed by atoms with Crippen molar-refractivity contribution in [2.75, 3.05) is 6.54 Å². The summed E-state index contributed by atoms with van der Waals surface area (Å²) in [6.45, 7) is 4.19. The average Bonchev–Trinajstić information content (AvgIpc) is 2.68. The molecule has 1 N–H and O–H groups in total. The van der Waals surface area contributed by atoms with Crippen LogP contribution in [0.4, 0.5) is 0 Å². The minimum absolute atomic E-state index is 0.210. The second-order valence-corrected chi connectivity index (χ2v) is 5.88. The number of hydrogen-bond acceptors (Lipinski definition) is 4. The predicted molar refractivity (Wildman–Crippen MR) is 68.8 cm³/mol. The molecule has 2 rings (SSSR count). The average molecular weight is 268 g/mol. The van der Waals surface area contributed by atoms with Crippen molar-refractivity contribution in [3.63, 3.8) is 0 Å². The first-order valence-corrected chi connectivity index (χ1v) is 7.38. The molecule has 0 amide bonds. The molecular weight excluding hydrogens is 252 g/mol. The van der Waals surface area contributed by atoms with Crippen molar-refractivity contribution in [3.05, 3.63) is 24.1 Å². The highest BCUT2D eigenvalue weighted by Gasteiger charge is 2.15. The molecule has 6 heteroatoms. The summed E-state index contributed by atoms with van der Waals surface area (Å²) >= 11 is 0. The fourth-order valence-electron chi connectivity index (χ4n) is 1.65. The maximum Gasteiger partial charge on any atom is 0.240 e. The smallest absolute Gasteiger partial charge is 0.240 e. The minimum Gasteiger partial charge on any atom is -0.441 e. The Bertz CT molecular complexity index is 646. The van der Waals surface area contributed by atoms with Gasteiger partial charge in [0.15, 0.2) is 11.5 Å². The van der Waals surface area contributed by atoms with Gasteiger partial charge in [0.1, 0.15) is 5.52 Å². The van der Waals surface area contributed by atoms with Crippen molar-refractivity contribution in [2.45, 2.75) is 31.6 Å². The summed E-state index contributed by atoms with van der Waals surface area (Å²) in [6, 6.07) is 4.70. The zero-order valence-corrected chi connectivity index (χ0v) is 11.3. The predicted octanol–water partition coefficient (Wildman–Crippen LogP) is 2.21.